The van der Waals surface area contributed by atoms with Crippen LogP contribution in [0.3, 0.4) is 0 Å². The molecule has 2 aromatic rings. The second-order valence-electron chi connectivity index (χ2n) is 5.31. The lowest BCUT2D eigenvalue weighted by Crippen LogP contribution is -2.26. The summed E-state index contributed by atoms with van der Waals surface area (Å²) in [6, 6.07) is 13.0. The monoisotopic (exact) mass is 324 g/mol. The van der Waals surface area contributed by atoms with Gasteiger partial charge < -0.3 is 5.32 Å². The number of rotatable bonds is 3. The standard InChI is InChI=1S/C17H20N2.2ClH/c1-2-4-14(5-3-1)10-15-11-17(13-19-12-15)16-6-8-18-9-7-16;;/h1-5,11-13,16,18H,6-10H2;2*1H. The molecule has 0 radical (unpaired) electrons. The van der Waals surface area contributed by atoms with Crippen molar-refractivity contribution in [3.8, 4) is 0 Å². The molecule has 1 fully saturated rings. The van der Waals surface area contributed by atoms with Crippen molar-refractivity contribution in [1.82, 2.24) is 10.3 Å². The zero-order chi connectivity index (χ0) is 12.9. The molecule has 2 heterocycles. The van der Waals surface area contributed by atoms with Crippen LogP contribution < -0.4 is 5.32 Å². The fraction of sp³-hybridized carbons (Fsp3) is 0.353. The van der Waals surface area contributed by atoms with Crippen molar-refractivity contribution < 1.29 is 0 Å². The Kier molecular flexibility index (Phi) is 7.73. The van der Waals surface area contributed by atoms with Crippen molar-refractivity contribution in [3.63, 3.8) is 0 Å². The largest absolute Gasteiger partial charge is 0.317 e. The Balaban J connectivity index is 0.00000110. The van der Waals surface area contributed by atoms with E-state index in [0.29, 0.717) is 5.92 Å². The van der Waals surface area contributed by atoms with E-state index in [1.54, 1.807) is 0 Å². The highest BCUT2D eigenvalue weighted by atomic mass is 35.5. The van der Waals surface area contributed by atoms with Crippen LogP contribution in [-0.4, -0.2) is 18.1 Å². The molecule has 1 aromatic heterocycles. The molecule has 0 unspecified atom stereocenters. The molecule has 2 nitrogen and oxygen atoms in total. The second-order valence-corrected chi connectivity index (χ2v) is 5.31. The molecule has 3 rings (SSSR count). The number of hydrogen-bond donors (Lipinski definition) is 1. The maximum atomic E-state index is 4.44. The molecule has 0 amide bonds. The van der Waals surface area contributed by atoms with Gasteiger partial charge in [0.2, 0.25) is 0 Å². The molecule has 4 heteroatoms. The number of halogens is 2. The van der Waals surface area contributed by atoms with Crippen molar-refractivity contribution in [3.05, 3.63) is 65.5 Å². The Morgan fingerprint density at radius 1 is 0.952 bits per heavy atom. The van der Waals surface area contributed by atoms with E-state index < -0.39 is 0 Å². The van der Waals surface area contributed by atoms with Gasteiger partial charge in [-0.05, 0) is 55.0 Å². The minimum atomic E-state index is 0. The summed E-state index contributed by atoms with van der Waals surface area (Å²) in [4.78, 5) is 4.44. The first kappa shape index (κ1) is 18.0. The van der Waals surface area contributed by atoms with Crippen molar-refractivity contribution in [2.24, 2.45) is 0 Å². The number of benzene rings is 1. The molecule has 114 valence electrons. The van der Waals surface area contributed by atoms with Crippen LogP contribution in [0.1, 0.15) is 35.4 Å². The highest BCUT2D eigenvalue weighted by molar-refractivity contribution is 5.85. The van der Waals surface area contributed by atoms with E-state index in [1.165, 1.54) is 29.5 Å². The third-order valence-corrected chi connectivity index (χ3v) is 3.88. The van der Waals surface area contributed by atoms with Crippen molar-refractivity contribution >= 4 is 24.8 Å². The summed E-state index contributed by atoms with van der Waals surface area (Å²) >= 11 is 0. The van der Waals surface area contributed by atoms with Crippen LogP contribution in [0.15, 0.2) is 48.8 Å². The van der Waals surface area contributed by atoms with Crippen LogP contribution in [0.5, 0.6) is 0 Å². The van der Waals surface area contributed by atoms with Gasteiger partial charge in [0.25, 0.3) is 0 Å². The maximum Gasteiger partial charge on any atom is 0.0303 e. The van der Waals surface area contributed by atoms with E-state index >= 15 is 0 Å². The number of hydrogen-bond acceptors (Lipinski definition) is 2. The quantitative estimate of drug-likeness (QED) is 0.923. The predicted molar refractivity (Wildman–Crippen MR) is 92.8 cm³/mol. The summed E-state index contributed by atoms with van der Waals surface area (Å²) in [6.45, 7) is 2.27. The normalized spacial score (nSPS) is 14.9. The third kappa shape index (κ3) is 4.99. The summed E-state index contributed by atoms with van der Waals surface area (Å²) in [5.41, 5.74) is 4.09. The molecule has 0 saturated carbocycles. The van der Waals surface area contributed by atoms with Crippen LogP contribution in [0, 0.1) is 0 Å². The fourth-order valence-corrected chi connectivity index (χ4v) is 2.81. The molecular weight excluding hydrogens is 303 g/mol. The van der Waals surface area contributed by atoms with Gasteiger partial charge in [-0.25, -0.2) is 0 Å². The number of aromatic nitrogens is 1. The fourth-order valence-electron chi connectivity index (χ4n) is 2.81. The molecule has 0 atom stereocenters. The Labute approximate surface area is 139 Å². The molecule has 1 saturated heterocycles. The van der Waals surface area contributed by atoms with Crippen LogP contribution in [-0.2, 0) is 6.42 Å². The first-order valence-electron chi connectivity index (χ1n) is 7.10. The zero-order valence-electron chi connectivity index (χ0n) is 12.0. The summed E-state index contributed by atoms with van der Waals surface area (Å²) < 4.78 is 0. The molecule has 0 bridgehead atoms. The number of piperidine rings is 1. The van der Waals surface area contributed by atoms with Crippen LogP contribution in [0.4, 0.5) is 0 Å². The number of pyridine rings is 1. The Morgan fingerprint density at radius 2 is 1.67 bits per heavy atom. The minimum Gasteiger partial charge on any atom is -0.317 e. The minimum absolute atomic E-state index is 0. The van der Waals surface area contributed by atoms with E-state index in [-0.39, 0.29) is 24.8 Å². The lowest BCUT2D eigenvalue weighted by atomic mass is 9.90. The summed E-state index contributed by atoms with van der Waals surface area (Å²) in [7, 11) is 0. The van der Waals surface area contributed by atoms with E-state index in [4.69, 9.17) is 0 Å². The highest BCUT2D eigenvalue weighted by Gasteiger charge is 2.15. The van der Waals surface area contributed by atoms with Gasteiger partial charge >= 0.3 is 0 Å². The second kappa shape index (κ2) is 9.04. The third-order valence-electron chi connectivity index (χ3n) is 3.88. The molecule has 0 spiro atoms. The average Bonchev–Trinajstić information content (AvgIpc) is 2.49. The molecule has 1 N–H and O–H groups in total. The summed E-state index contributed by atoms with van der Waals surface area (Å²) in [6.07, 6.45) is 7.49. The zero-order valence-corrected chi connectivity index (χ0v) is 13.6. The lowest BCUT2D eigenvalue weighted by Gasteiger charge is -2.23. The first-order valence-corrected chi connectivity index (χ1v) is 7.10. The topological polar surface area (TPSA) is 24.9 Å². The van der Waals surface area contributed by atoms with Crippen molar-refractivity contribution in [2.45, 2.75) is 25.2 Å². The van der Waals surface area contributed by atoms with Gasteiger partial charge in [-0.1, -0.05) is 36.4 Å². The van der Waals surface area contributed by atoms with E-state index in [9.17, 15) is 0 Å². The number of nitrogens with one attached hydrogen (secondary N) is 1. The average molecular weight is 325 g/mol. The Morgan fingerprint density at radius 3 is 2.38 bits per heavy atom. The SMILES string of the molecule is Cl.Cl.c1ccc(Cc2cncc(C3CCNCC3)c2)cc1. The molecule has 21 heavy (non-hydrogen) atoms. The number of nitrogens with zero attached hydrogens (tertiary/aromatic N) is 1. The van der Waals surface area contributed by atoms with Gasteiger partial charge in [-0.2, -0.15) is 0 Å². The lowest BCUT2D eigenvalue weighted by molar-refractivity contribution is 0.459. The van der Waals surface area contributed by atoms with Crippen LogP contribution in [0.2, 0.25) is 0 Å². The van der Waals surface area contributed by atoms with Gasteiger partial charge in [0.05, 0.1) is 0 Å². The Hall–Kier alpha value is -1.09. The smallest absolute Gasteiger partial charge is 0.0303 e. The summed E-state index contributed by atoms with van der Waals surface area (Å²) in [5.74, 6) is 0.685. The molecule has 0 aliphatic carbocycles. The van der Waals surface area contributed by atoms with Gasteiger partial charge in [-0.3, -0.25) is 4.98 Å². The van der Waals surface area contributed by atoms with Gasteiger partial charge in [-0.15, -0.1) is 24.8 Å². The van der Waals surface area contributed by atoms with Crippen molar-refractivity contribution in [1.29, 1.82) is 0 Å². The Bertz CT molecular complexity index is 525. The van der Waals surface area contributed by atoms with Crippen LogP contribution >= 0.6 is 24.8 Å². The maximum absolute atomic E-state index is 4.44. The summed E-state index contributed by atoms with van der Waals surface area (Å²) in [5, 5.41) is 3.42. The molecule has 1 aliphatic rings. The van der Waals surface area contributed by atoms with Crippen molar-refractivity contribution in [2.75, 3.05) is 13.1 Å². The predicted octanol–water partition coefficient (Wildman–Crippen LogP) is 3.98. The molecule has 1 aliphatic heterocycles. The molecular formula is C17H22Cl2N2. The van der Waals surface area contributed by atoms with E-state index in [2.05, 4.69) is 46.7 Å². The van der Waals surface area contributed by atoms with E-state index in [1.807, 2.05) is 12.4 Å². The first-order chi connectivity index (χ1) is 9.42. The van der Waals surface area contributed by atoms with Gasteiger partial charge in [0.15, 0.2) is 0 Å². The van der Waals surface area contributed by atoms with Gasteiger partial charge in [0, 0.05) is 12.4 Å². The highest BCUT2D eigenvalue weighted by Crippen LogP contribution is 2.25. The van der Waals surface area contributed by atoms with Crippen LogP contribution in [0.25, 0.3) is 0 Å². The van der Waals surface area contributed by atoms with Gasteiger partial charge in [0.1, 0.15) is 0 Å². The molecule has 1 aromatic carbocycles. The van der Waals surface area contributed by atoms with E-state index in [0.717, 1.165) is 19.5 Å².